The van der Waals surface area contributed by atoms with Gasteiger partial charge in [0.1, 0.15) is 0 Å². The zero-order chi connectivity index (χ0) is 12.3. The van der Waals surface area contributed by atoms with Gasteiger partial charge in [-0.3, -0.25) is 0 Å². The number of rotatable bonds is 3. The van der Waals surface area contributed by atoms with Crippen molar-refractivity contribution in [3.63, 3.8) is 0 Å². The number of benzene rings is 1. The van der Waals surface area contributed by atoms with E-state index in [9.17, 15) is 18.3 Å². The fourth-order valence-corrected chi connectivity index (χ4v) is 1.92. The molecule has 90 valence electrons. The maximum absolute atomic E-state index is 12.0. The molecule has 1 atom stereocenters. The van der Waals surface area contributed by atoms with Crippen LogP contribution in [0.5, 0.6) is 0 Å². The molecule has 0 aliphatic rings. The van der Waals surface area contributed by atoms with Crippen molar-refractivity contribution in [3.05, 3.63) is 33.3 Å². The van der Waals surface area contributed by atoms with Gasteiger partial charge in [0.05, 0.1) is 6.10 Å². The van der Waals surface area contributed by atoms with E-state index in [4.69, 9.17) is 11.6 Å². The molecule has 6 heteroatoms. The molecule has 0 fully saturated rings. The molecule has 1 aromatic rings. The summed E-state index contributed by atoms with van der Waals surface area (Å²) in [6, 6.07) is 4.63. The molecule has 0 aromatic heterocycles. The van der Waals surface area contributed by atoms with Crippen LogP contribution in [0.4, 0.5) is 13.2 Å². The van der Waals surface area contributed by atoms with Crippen molar-refractivity contribution in [2.45, 2.75) is 25.1 Å². The molecule has 16 heavy (non-hydrogen) atoms. The normalized spacial score (nSPS) is 13.9. The summed E-state index contributed by atoms with van der Waals surface area (Å²) < 4.78 is 36.4. The van der Waals surface area contributed by atoms with Crippen LogP contribution < -0.4 is 0 Å². The molecular weight excluding hydrogens is 308 g/mol. The smallest absolute Gasteiger partial charge is 0.388 e. The Morgan fingerprint density at radius 3 is 2.56 bits per heavy atom. The second kappa shape index (κ2) is 5.38. The molecule has 0 saturated carbocycles. The van der Waals surface area contributed by atoms with E-state index in [0.29, 0.717) is 15.1 Å². The van der Waals surface area contributed by atoms with Gasteiger partial charge >= 0.3 is 6.18 Å². The van der Waals surface area contributed by atoms with E-state index in [1.165, 1.54) is 6.07 Å². The Balaban J connectivity index is 2.73. The quantitative estimate of drug-likeness (QED) is 0.871. The molecule has 0 aliphatic carbocycles. The van der Waals surface area contributed by atoms with Crippen molar-refractivity contribution in [2.75, 3.05) is 0 Å². The molecule has 1 nitrogen and oxygen atoms in total. The molecule has 0 spiro atoms. The van der Waals surface area contributed by atoms with Crippen LogP contribution in [0.15, 0.2) is 22.7 Å². The maximum Gasteiger partial charge on any atom is 0.389 e. The largest absolute Gasteiger partial charge is 0.389 e. The lowest BCUT2D eigenvalue weighted by Gasteiger charge is -2.14. The van der Waals surface area contributed by atoms with Gasteiger partial charge in [0.25, 0.3) is 0 Å². The van der Waals surface area contributed by atoms with Gasteiger partial charge in [0.15, 0.2) is 0 Å². The molecule has 0 heterocycles. The predicted molar refractivity (Wildman–Crippen MR) is 59.4 cm³/mol. The van der Waals surface area contributed by atoms with Gasteiger partial charge in [-0.15, -0.1) is 0 Å². The number of hydrogen-bond acceptors (Lipinski definition) is 1. The third-order valence-electron chi connectivity index (χ3n) is 2.02. The highest BCUT2D eigenvalue weighted by Gasteiger charge is 2.28. The monoisotopic (exact) mass is 316 g/mol. The van der Waals surface area contributed by atoms with E-state index in [-0.39, 0.29) is 6.42 Å². The molecule has 0 amide bonds. The molecule has 1 rings (SSSR count). The summed E-state index contributed by atoms with van der Waals surface area (Å²) in [7, 11) is 0. The summed E-state index contributed by atoms with van der Waals surface area (Å²) >= 11 is 8.85. The molecule has 0 bridgehead atoms. The van der Waals surface area contributed by atoms with Crippen LogP contribution in [-0.2, 0) is 0 Å². The molecule has 0 saturated heterocycles. The summed E-state index contributed by atoms with van der Waals surface area (Å²) in [5.41, 5.74) is 0.372. The first-order chi connectivity index (χ1) is 7.29. The first-order valence-corrected chi connectivity index (χ1v) is 5.66. The van der Waals surface area contributed by atoms with Crippen LogP contribution in [-0.4, -0.2) is 11.3 Å². The minimum atomic E-state index is -4.26. The Morgan fingerprint density at radius 2 is 2.00 bits per heavy atom. The van der Waals surface area contributed by atoms with E-state index in [2.05, 4.69) is 15.9 Å². The van der Waals surface area contributed by atoms with Gasteiger partial charge in [0, 0.05) is 15.9 Å². The van der Waals surface area contributed by atoms with Crippen LogP contribution >= 0.6 is 27.5 Å². The van der Waals surface area contributed by atoms with Gasteiger partial charge in [-0.2, -0.15) is 13.2 Å². The van der Waals surface area contributed by atoms with E-state index in [1.807, 2.05) is 0 Å². The van der Waals surface area contributed by atoms with Gasteiger partial charge in [0.2, 0.25) is 0 Å². The fourth-order valence-electron chi connectivity index (χ4n) is 1.23. The lowest BCUT2D eigenvalue weighted by atomic mass is 10.1. The van der Waals surface area contributed by atoms with Crippen LogP contribution in [0.2, 0.25) is 5.02 Å². The van der Waals surface area contributed by atoms with Crippen molar-refractivity contribution in [3.8, 4) is 0 Å². The van der Waals surface area contributed by atoms with Crippen molar-refractivity contribution in [2.24, 2.45) is 0 Å². The highest BCUT2D eigenvalue weighted by Crippen LogP contribution is 2.32. The minimum absolute atomic E-state index is 0.372. The summed E-state index contributed by atoms with van der Waals surface area (Å²) in [6.07, 6.45) is -6.82. The second-order valence-corrected chi connectivity index (χ2v) is 4.63. The topological polar surface area (TPSA) is 20.2 Å². The Morgan fingerprint density at radius 1 is 1.38 bits per heavy atom. The van der Waals surface area contributed by atoms with Crippen molar-refractivity contribution < 1.29 is 18.3 Å². The lowest BCUT2D eigenvalue weighted by molar-refractivity contribution is -0.140. The number of alkyl halides is 3. The predicted octanol–water partition coefficient (Wildman–Crippen LogP) is 4.48. The average molecular weight is 318 g/mol. The highest BCUT2D eigenvalue weighted by molar-refractivity contribution is 9.10. The van der Waals surface area contributed by atoms with E-state index in [1.54, 1.807) is 12.1 Å². The van der Waals surface area contributed by atoms with Gasteiger partial charge in [-0.1, -0.05) is 27.5 Å². The van der Waals surface area contributed by atoms with Crippen molar-refractivity contribution >= 4 is 27.5 Å². The zero-order valence-corrected chi connectivity index (χ0v) is 10.4. The van der Waals surface area contributed by atoms with Crippen LogP contribution in [0.25, 0.3) is 0 Å². The SMILES string of the molecule is OC(CCC(F)(F)F)c1cc(Cl)ccc1Br. The Kier molecular flexibility index (Phi) is 4.64. The number of hydrogen-bond donors (Lipinski definition) is 1. The van der Waals surface area contributed by atoms with Crippen LogP contribution in [0.1, 0.15) is 24.5 Å². The summed E-state index contributed by atoms with van der Waals surface area (Å²) in [6.45, 7) is 0. The molecule has 0 aliphatic heterocycles. The first kappa shape index (κ1) is 13.8. The van der Waals surface area contributed by atoms with E-state index < -0.39 is 18.7 Å². The summed E-state index contributed by atoms with van der Waals surface area (Å²) in [5, 5.41) is 9.98. The van der Waals surface area contributed by atoms with Crippen molar-refractivity contribution in [1.29, 1.82) is 0 Å². The Hall–Kier alpha value is -0.260. The third-order valence-corrected chi connectivity index (χ3v) is 2.98. The first-order valence-electron chi connectivity index (χ1n) is 4.49. The van der Waals surface area contributed by atoms with Gasteiger partial charge in [-0.05, 0) is 30.2 Å². The highest BCUT2D eigenvalue weighted by atomic mass is 79.9. The molecular formula is C10H9BrClF3O. The van der Waals surface area contributed by atoms with E-state index >= 15 is 0 Å². The standard InChI is InChI=1S/C10H9BrClF3O/c11-8-2-1-6(12)5-7(8)9(16)3-4-10(13,14)15/h1-2,5,9,16H,3-4H2. The van der Waals surface area contributed by atoms with E-state index in [0.717, 1.165) is 0 Å². The number of aliphatic hydroxyl groups is 1. The Labute approximate surface area is 104 Å². The summed E-state index contributed by atoms with van der Waals surface area (Å²) in [5.74, 6) is 0. The third kappa shape index (κ3) is 4.31. The zero-order valence-electron chi connectivity index (χ0n) is 8.06. The lowest BCUT2D eigenvalue weighted by Crippen LogP contribution is -2.10. The molecule has 0 radical (unpaired) electrons. The van der Waals surface area contributed by atoms with Gasteiger partial charge < -0.3 is 5.11 Å². The fraction of sp³-hybridized carbons (Fsp3) is 0.400. The second-order valence-electron chi connectivity index (χ2n) is 3.34. The van der Waals surface area contributed by atoms with Crippen LogP contribution in [0.3, 0.4) is 0 Å². The summed E-state index contributed by atoms with van der Waals surface area (Å²) in [4.78, 5) is 0. The van der Waals surface area contributed by atoms with Gasteiger partial charge in [-0.25, -0.2) is 0 Å². The average Bonchev–Trinajstić information content (AvgIpc) is 2.17. The maximum atomic E-state index is 12.0. The van der Waals surface area contributed by atoms with Crippen LogP contribution in [0, 0.1) is 0 Å². The molecule has 1 unspecified atom stereocenters. The van der Waals surface area contributed by atoms with Crippen molar-refractivity contribution in [1.82, 2.24) is 0 Å². The number of halogens is 5. The molecule has 1 N–H and O–H groups in total. The number of aliphatic hydroxyl groups excluding tert-OH is 1. The minimum Gasteiger partial charge on any atom is -0.388 e. The molecule has 1 aromatic carbocycles. The Bertz CT molecular complexity index is 368.